The van der Waals surface area contributed by atoms with Crippen molar-refractivity contribution in [3.05, 3.63) is 16.5 Å². The lowest BCUT2D eigenvalue weighted by Crippen LogP contribution is -2.53. The van der Waals surface area contributed by atoms with Crippen LogP contribution in [-0.4, -0.2) is 93.7 Å². The molecule has 29 heavy (non-hydrogen) atoms. The number of rotatable bonds is 5. The summed E-state index contributed by atoms with van der Waals surface area (Å²) >= 11 is 6.93. The van der Waals surface area contributed by atoms with E-state index in [1.165, 1.54) is 10.4 Å². The number of thiophene rings is 1. The molecule has 3 aliphatic rings. The lowest BCUT2D eigenvalue weighted by molar-refractivity contribution is -0.135. The summed E-state index contributed by atoms with van der Waals surface area (Å²) in [5.74, 6) is 0.469. The predicted molar refractivity (Wildman–Crippen MR) is 110 cm³/mol. The molecule has 0 aromatic carbocycles. The Balaban J connectivity index is 1.23. The Morgan fingerprint density at radius 2 is 1.72 bits per heavy atom. The van der Waals surface area contributed by atoms with Gasteiger partial charge in [-0.15, -0.1) is 11.3 Å². The highest BCUT2D eigenvalue weighted by atomic mass is 35.5. The number of ether oxygens (including phenoxy) is 2. The summed E-state index contributed by atoms with van der Waals surface area (Å²) in [5.41, 5.74) is 0. The molecule has 0 N–H and O–H groups in total. The zero-order chi connectivity index (χ0) is 20.4. The minimum atomic E-state index is -3.54. The number of nitrogens with zero attached hydrogens (tertiary/aromatic N) is 3. The Labute approximate surface area is 180 Å². The fourth-order valence-corrected chi connectivity index (χ4v) is 7.12. The fourth-order valence-electron chi connectivity index (χ4n) is 4.06. The average molecular weight is 464 g/mol. The van der Waals surface area contributed by atoms with E-state index in [0.29, 0.717) is 56.2 Å². The van der Waals surface area contributed by atoms with Crippen LogP contribution in [0.3, 0.4) is 0 Å². The number of piperazine rings is 1. The summed E-state index contributed by atoms with van der Waals surface area (Å²) in [5, 5.41) is 0. The molecule has 1 aromatic heterocycles. The summed E-state index contributed by atoms with van der Waals surface area (Å²) in [6.45, 7) is 4.88. The van der Waals surface area contributed by atoms with Crippen LogP contribution in [0.15, 0.2) is 16.3 Å². The summed E-state index contributed by atoms with van der Waals surface area (Å²) in [6.07, 6.45) is 1.85. The maximum Gasteiger partial charge on any atom is 0.252 e. The number of hydrogen-bond acceptors (Lipinski definition) is 7. The Morgan fingerprint density at radius 3 is 2.31 bits per heavy atom. The molecule has 0 atom stereocenters. The third kappa shape index (κ3) is 4.95. The van der Waals surface area contributed by atoms with Gasteiger partial charge in [0.25, 0.3) is 10.0 Å². The first-order valence-corrected chi connectivity index (χ1v) is 12.6. The van der Waals surface area contributed by atoms with Crippen LogP contribution in [0.25, 0.3) is 0 Å². The van der Waals surface area contributed by atoms with Gasteiger partial charge in [-0.3, -0.25) is 9.69 Å². The molecule has 3 fully saturated rings. The molecule has 0 unspecified atom stereocenters. The van der Waals surface area contributed by atoms with Crippen LogP contribution >= 0.6 is 22.9 Å². The molecule has 3 saturated heterocycles. The van der Waals surface area contributed by atoms with Crippen molar-refractivity contribution in [1.29, 1.82) is 0 Å². The minimum absolute atomic E-state index is 0.0630. The second kappa shape index (κ2) is 9.17. The summed E-state index contributed by atoms with van der Waals surface area (Å²) in [6, 6.07) is 3.12. The standard InChI is InChI=1S/C18H26ClN3O5S2/c19-15-1-2-17(28-15)29(24,25)22-9-7-21(8-10-22)16(23)13-20-5-3-14(4-6-20)18-26-11-12-27-18/h1-2,14,18H,3-13H2. The van der Waals surface area contributed by atoms with Crippen LogP contribution in [-0.2, 0) is 24.3 Å². The minimum Gasteiger partial charge on any atom is -0.350 e. The van der Waals surface area contributed by atoms with Gasteiger partial charge in [-0.2, -0.15) is 4.31 Å². The zero-order valence-corrected chi connectivity index (χ0v) is 18.6. The van der Waals surface area contributed by atoms with Crippen LogP contribution in [0, 0.1) is 5.92 Å². The van der Waals surface area contributed by atoms with Gasteiger partial charge in [-0.25, -0.2) is 8.42 Å². The number of piperidine rings is 1. The van der Waals surface area contributed by atoms with Gasteiger partial charge in [0.15, 0.2) is 6.29 Å². The van der Waals surface area contributed by atoms with Crippen LogP contribution in [0.5, 0.6) is 0 Å². The monoisotopic (exact) mass is 463 g/mol. The summed E-state index contributed by atoms with van der Waals surface area (Å²) in [4.78, 5) is 16.6. The molecule has 8 nitrogen and oxygen atoms in total. The van der Waals surface area contributed by atoms with Gasteiger partial charge in [0.05, 0.1) is 24.1 Å². The Bertz CT molecular complexity index is 811. The van der Waals surface area contributed by atoms with Crippen LogP contribution in [0.4, 0.5) is 0 Å². The van der Waals surface area contributed by atoms with Crippen molar-refractivity contribution in [3.8, 4) is 0 Å². The van der Waals surface area contributed by atoms with Gasteiger partial charge in [0.2, 0.25) is 5.91 Å². The molecule has 162 valence electrons. The Kier molecular flexibility index (Phi) is 6.79. The number of likely N-dealkylation sites (tertiary alicyclic amines) is 1. The molecule has 3 aliphatic heterocycles. The van der Waals surface area contributed by atoms with Crippen molar-refractivity contribution in [2.24, 2.45) is 5.92 Å². The van der Waals surface area contributed by atoms with Crippen molar-refractivity contribution in [1.82, 2.24) is 14.1 Å². The van der Waals surface area contributed by atoms with Gasteiger partial charge in [-0.05, 0) is 38.1 Å². The van der Waals surface area contributed by atoms with Gasteiger partial charge < -0.3 is 14.4 Å². The molecule has 11 heteroatoms. The van der Waals surface area contributed by atoms with E-state index < -0.39 is 10.0 Å². The van der Waals surface area contributed by atoms with E-state index in [1.807, 2.05) is 0 Å². The quantitative estimate of drug-likeness (QED) is 0.655. The van der Waals surface area contributed by atoms with Crippen molar-refractivity contribution < 1.29 is 22.7 Å². The van der Waals surface area contributed by atoms with Crippen molar-refractivity contribution >= 4 is 38.9 Å². The Morgan fingerprint density at radius 1 is 1.07 bits per heavy atom. The first kappa shape index (κ1) is 21.5. The maximum absolute atomic E-state index is 12.7. The number of carbonyl (C=O) groups excluding carboxylic acids is 1. The maximum atomic E-state index is 12.7. The van der Waals surface area contributed by atoms with Gasteiger partial charge in [0.1, 0.15) is 4.21 Å². The van der Waals surface area contributed by atoms with E-state index in [-0.39, 0.29) is 16.4 Å². The fraction of sp³-hybridized carbons (Fsp3) is 0.722. The van der Waals surface area contributed by atoms with E-state index in [1.54, 1.807) is 11.0 Å². The molecule has 1 aromatic rings. The topological polar surface area (TPSA) is 79.4 Å². The van der Waals surface area contributed by atoms with Crippen molar-refractivity contribution in [3.63, 3.8) is 0 Å². The molecule has 0 saturated carbocycles. The number of amides is 1. The van der Waals surface area contributed by atoms with E-state index in [9.17, 15) is 13.2 Å². The number of carbonyl (C=O) groups is 1. The van der Waals surface area contributed by atoms with Crippen molar-refractivity contribution in [2.45, 2.75) is 23.3 Å². The van der Waals surface area contributed by atoms with Crippen LogP contribution < -0.4 is 0 Å². The first-order chi connectivity index (χ1) is 13.9. The molecule has 0 spiro atoms. The average Bonchev–Trinajstić information content (AvgIpc) is 3.41. The predicted octanol–water partition coefficient (Wildman–Crippen LogP) is 1.32. The third-order valence-electron chi connectivity index (χ3n) is 5.76. The molecular formula is C18H26ClN3O5S2. The lowest BCUT2D eigenvalue weighted by atomic mass is 9.96. The van der Waals surface area contributed by atoms with E-state index >= 15 is 0 Å². The molecule has 0 bridgehead atoms. The highest BCUT2D eigenvalue weighted by molar-refractivity contribution is 7.91. The number of hydrogen-bond donors (Lipinski definition) is 0. The van der Waals surface area contributed by atoms with Crippen LogP contribution in [0.2, 0.25) is 4.34 Å². The second-order valence-corrected chi connectivity index (χ2v) is 11.4. The number of sulfonamides is 1. The SMILES string of the molecule is O=C(CN1CCC(C2OCCO2)CC1)N1CCN(S(=O)(=O)c2ccc(Cl)s2)CC1. The molecule has 4 rings (SSSR count). The molecule has 0 aliphatic carbocycles. The third-order valence-corrected chi connectivity index (χ3v) is 9.35. The molecule has 1 amide bonds. The highest BCUT2D eigenvalue weighted by Gasteiger charge is 2.33. The largest absolute Gasteiger partial charge is 0.350 e. The molecule has 4 heterocycles. The van der Waals surface area contributed by atoms with Crippen LogP contribution in [0.1, 0.15) is 12.8 Å². The van der Waals surface area contributed by atoms with Crippen molar-refractivity contribution in [2.75, 3.05) is 59.0 Å². The van der Waals surface area contributed by atoms with Gasteiger partial charge in [-0.1, -0.05) is 11.6 Å². The smallest absolute Gasteiger partial charge is 0.252 e. The normalized spacial score (nSPS) is 23.7. The lowest BCUT2D eigenvalue weighted by Gasteiger charge is -2.37. The first-order valence-electron chi connectivity index (χ1n) is 9.92. The highest BCUT2D eigenvalue weighted by Crippen LogP contribution is 2.29. The second-order valence-electron chi connectivity index (χ2n) is 7.57. The van der Waals surface area contributed by atoms with Gasteiger partial charge in [0, 0.05) is 32.1 Å². The summed E-state index contributed by atoms with van der Waals surface area (Å²) < 4.78 is 38.7. The van der Waals surface area contributed by atoms with Gasteiger partial charge >= 0.3 is 0 Å². The summed E-state index contributed by atoms with van der Waals surface area (Å²) in [7, 11) is -3.54. The Hall–Kier alpha value is -0.750. The van der Waals surface area contributed by atoms with E-state index in [2.05, 4.69) is 4.90 Å². The molecule has 0 radical (unpaired) electrons. The number of halogens is 1. The molecular weight excluding hydrogens is 438 g/mol. The zero-order valence-electron chi connectivity index (χ0n) is 16.2. The van der Waals surface area contributed by atoms with E-state index in [0.717, 1.165) is 37.3 Å². The van der Waals surface area contributed by atoms with E-state index in [4.69, 9.17) is 21.1 Å².